The normalized spacial score (nSPS) is 17.8. The summed E-state index contributed by atoms with van der Waals surface area (Å²) >= 11 is 0. The van der Waals surface area contributed by atoms with E-state index in [-0.39, 0.29) is 0 Å². The van der Waals surface area contributed by atoms with E-state index in [0.29, 0.717) is 6.04 Å². The molecule has 0 radical (unpaired) electrons. The van der Waals surface area contributed by atoms with Gasteiger partial charge < -0.3 is 5.73 Å². The van der Waals surface area contributed by atoms with Crippen LogP contribution in [0.1, 0.15) is 13.0 Å². The molecule has 1 saturated heterocycles. The van der Waals surface area contributed by atoms with E-state index in [1.54, 1.807) is 0 Å². The average Bonchev–Trinajstić information content (AvgIpc) is 2.60. The molecule has 0 atom stereocenters. The number of nitrogens with two attached hydrogens (primary N) is 1. The van der Waals surface area contributed by atoms with Crippen LogP contribution in [0.15, 0.2) is 18.2 Å². The second-order valence-electron chi connectivity index (χ2n) is 4.29. The molecule has 1 fully saturated rings. The molecule has 0 aliphatic carbocycles. The van der Waals surface area contributed by atoms with Gasteiger partial charge in [0.25, 0.3) is 0 Å². The van der Waals surface area contributed by atoms with E-state index in [4.69, 9.17) is 5.73 Å². The molecule has 3 rings (SSSR count). The Kier molecular flexibility index (Phi) is 2.07. The summed E-state index contributed by atoms with van der Waals surface area (Å²) in [4.78, 5) is 2.38. The molecule has 0 saturated carbocycles. The number of likely N-dealkylation sites (N-methyl/N-ethyl adjacent to an activating group) is 1. The molecule has 16 heavy (non-hydrogen) atoms. The van der Waals surface area contributed by atoms with Crippen LogP contribution in [-0.4, -0.2) is 39.5 Å². The predicted octanol–water partition coefficient (Wildman–Crippen LogP) is 0.890. The Balaban J connectivity index is 1.96. The smallest absolute Gasteiger partial charge is 0.113 e. The van der Waals surface area contributed by atoms with E-state index in [2.05, 4.69) is 22.1 Å². The van der Waals surface area contributed by atoms with Crippen molar-refractivity contribution in [2.24, 2.45) is 0 Å². The van der Waals surface area contributed by atoms with Gasteiger partial charge in [0, 0.05) is 18.8 Å². The Morgan fingerprint density at radius 3 is 3.00 bits per heavy atom. The van der Waals surface area contributed by atoms with Crippen LogP contribution in [0.2, 0.25) is 0 Å². The van der Waals surface area contributed by atoms with Crippen molar-refractivity contribution >= 4 is 16.7 Å². The summed E-state index contributed by atoms with van der Waals surface area (Å²) in [6.07, 6.45) is 0. The third-order valence-corrected chi connectivity index (χ3v) is 3.23. The standard InChI is InChI=1S/C11H15N5/c1-2-15-6-9(7-15)16-11-5-8(12)3-4-10(11)13-14-16/h3-5,9H,2,6-7,12H2,1H3. The van der Waals surface area contributed by atoms with Crippen molar-refractivity contribution in [2.75, 3.05) is 25.4 Å². The summed E-state index contributed by atoms with van der Waals surface area (Å²) in [5, 5.41) is 8.36. The third-order valence-electron chi connectivity index (χ3n) is 3.23. The van der Waals surface area contributed by atoms with E-state index in [1.807, 2.05) is 22.9 Å². The van der Waals surface area contributed by atoms with Gasteiger partial charge in [-0.2, -0.15) is 0 Å². The summed E-state index contributed by atoms with van der Waals surface area (Å²) in [7, 11) is 0. The predicted molar refractivity (Wildman–Crippen MR) is 63.1 cm³/mol. The topological polar surface area (TPSA) is 60.0 Å². The molecule has 0 bridgehead atoms. The van der Waals surface area contributed by atoms with E-state index in [0.717, 1.165) is 36.4 Å². The fourth-order valence-electron chi connectivity index (χ4n) is 2.18. The molecule has 84 valence electrons. The number of hydrogen-bond acceptors (Lipinski definition) is 4. The number of nitrogens with zero attached hydrogens (tertiary/aromatic N) is 4. The third kappa shape index (κ3) is 1.36. The van der Waals surface area contributed by atoms with Crippen LogP contribution in [0.25, 0.3) is 11.0 Å². The van der Waals surface area contributed by atoms with Crippen molar-refractivity contribution in [2.45, 2.75) is 13.0 Å². The van der Waals surface area contributed by atoms with Crippen molar-refractivity contribution in [3.63, 3.8) is 0 Å². The highest BCUT2D eigenvalue weighted by molar-refractivity contribution is 5.78. The van der Waals surface area contributed by atoms with E-state index >= 15 is 0 Å². The van der Waals surface area contributed by atoms with Crippen molar-refractivity contribution in [3.8, 4) is 0 Å². The van der Waals surface area contributed by atoms with Crippen LogP contribution in [0, 0.1) is 0 Å². The van der Waals surface area contributed by atoms with E-state index in [1.165, 1.54) is 0 Å². The first-order valence-corrected chi connectivity index (χ1v) is 5.60. The van der Waals surface area contributed by atoms with Crippen molar-refractivity contribution < 1.29 is 0 Å². The fourth-order valence-corrected chi connectivity index (χ4v) is 2.18. The lowest BCUT2D eigenvalue weighted by Gasteiger charge is -2.38. The van der Waals surface area contributed by atoms with Gasteiger partial charge in [-0.15, -0.1) is 5.10 Å². The Bertz CT molecular complexity index is 512. The van der Waals surface area contributed by atoms with Crippen LogP contribution < -0.4 is 5.73 Å². The number of rotatable bonds is 2. The van der Waals surface area contributed by atoms with Gasteiger partial charge in [0.1, 0.15) is 5.52 Å². The minimum Gasteiger partial charge on any atom is -0.399 e. The molecule has 1 aromatic heterocycles. The molecule has 1 aliphatic rings. The van der Waals surface area contributed by atoms with Gasteiger partial charge >= 0.3 is 0 Å². The zero-order valence-electron chi connectivity index (χ0n) is 9.30. The van der Waals surface area contributed by atoms with E-state index < -0.39 is 0 Å². The van der Waals surface area contributed by atoms with Gasteiger partial charge in [-0.05, 0) is 24.7 Å². The van der Waals surface area contributed by atoms with Gasteiger partial charge in [0.05, 0.1) is 11.6 Å². The molecule has 2 N–H and O–H groups in total. The zero-order chi connectivity index (χ0) is 11.1. The molecular formula is C11H15N5. The quantitative estimate of drug-likeness (QED) is 0.759. The van der Waals surface area contributed by atoms with Gasteiger partial charge in [0.2, 0.25) is 0 Å². The fraction of sp³-hybridized carbons (Fsp3) is 0.455. The number of likely N-dealkylation sites (tertiary alicyclic amines) is 1. The number of anilines is 1. The molecule has 2 heterocycles. The number of fused-ring (bicyclic) bond motifs is 1. The first-order chi connectivity index (χ1) is 7.78. The largest absolute Gasteiger partial charge is 0.399 e. The number of aromatic nitrogens is 3. The summed E-state index contributed by atoms with van der Waals surface area (Å²) < 4.78 is 2.00. The Morgan fingerprint density at radius 1 is 1.44 bits per heavy atom. The summed E-state index contributed by atoms with van der Waals surface area (Å²) in [5.74, 6) is 0. The maximum atomic E-state index is 5.79. The second-order valence-corrected chi connectivity index (χ2v) is 4.29. The summed E-state index contributed by atoms with van der Waals surface area (Å²) in [6.45, 7) is 5.40. The maximum absolute atomic E-state index is 5.79. The van der Waals surface area contributed by atoms with Crippen molar-refractivity contribution in [1.82, 2.24) is 19.9 Å². The van der Waals surface area contributed by atoms with Crippen LogP contribution in [0.4, 0.5) is 5.69 Å². The minimum atomic E-state index is 0.451. The summed E-state index contributed by atoms with van der Waals surface area (Å²) in [5.41, 5.74) is 8.52. The Hall–Kier alpha value is -1.62. The molecule has 1 aliphatic heterocycles. The molecular weight excluding hydrogens is 202 g/mol. The SMILES string of the molecule is CCN1CC(n2nnc3ccc(N)cc32)C1. The number of hydrogen-bond donors (Lipinski definition) is 1. The van der Waals surface area contributed by atoms with Crippen LogP contribution in [-0.2, 0) is 0 Å². The molecule has 0 unspecified atom stereocenters. The first kappa shape index (κ1) is 9.59. The molecule has 1 aromatic carbocycles. The van der Waals surface area contributed by atoms with Crippen LogP contribution in [0.5, 0.6) is 0 Å². The maximum Gasteiger partial charge on any atom is 0.113 e. The minimum absolute atomic E-state index is 0.451. The Labute approximate surface area is 93.8 Å². The van der Waals surface area contributed by atoms with Gasteiger partial charge in [0.15, 0.2) is 0 Å². The van der Waals surface area contributed by atoms with E-state index in [9.17, 15) is 0 Å². The van der Waals surface area contributed by atoms with Crippen LogP contribution >= 0.6 is 0 Å². The lowest BCUT2D eigenvalue weighted by Crippen LogP contribution is -2.47. The van der Waals surface area contributed by atoms with Crippen molar-refractivity contribution in [1.29, 1.82) is 0 Å². The first-order valence-electron chi connectivity index (χ1n) is 5.60. The average molecular weight is 217 g/mol. The zero-order valence-corrected chi connectivity index (χ0v) is 9.30. The number of benzene rings is 1. The monoisotopic (exact) mass is 217 g/mol. The van der Waals surface area contributed by atoms with Gasteiger partial charge in [-0.25, -0.2) is 4.68 Å². The van der Waals surface area contributed by atoms with Gasteiger partial charge in [-0.1, -0.05) is 12.1 Å². The second kappa shape index (κ2) is 3.45. The highest BCUT2D eigenvalue weighted by Crippen LogP contribution is 2.24. The lowest BCUT2D eigenvalue weighted by molar-refractivity contribution is 0.107. The molecule has 0 spiro atoms. The molecule has 5 nitrogen and oxygen atoms in total. The number of nitrogen functional groups attached to an aromatic ring is 1. The van der Waals surface area contributed by atoms with Gasteiger partial charge in [-0.3, -0.25) is 4.90 Å². The Morgan fingerprint density at radius 2 is 2.25 bits per heavy atom. The van der Waals surface area contributed by atoms with Crippen LogP contribution in [0.3, 0.4) is 0 Å². The summed E-state index contributed by atoms with van der Waals surface area (Å²) in [6, 6.07) is 6.18. The molecule has 0 amide bonds. The molecule has 5 heteroatoms. The highest BCUT2D eigenvalue weighted by atomic mass is 15.5. The molecule has 2 aromatic rings. The lowest BCUT2D eigenvalue weighted by atomic mass is 10.1. The highest BCUT2D eigenvalue weighted by Gasteiger charge is 2.28. The van der Waals surface area contributed by atoms with Crippen molar-refractivity contribution in [3.05, 3.63) is 18.2 Å².